The summed E-state index contributed by atoms with van der Waals surface area (Å²) in [6.45, 7) is 3.65. The number of allylic oxidation sites excluding steroid dienone is 5. The zero-order valence-electron chi connectivity index (χ0n) is 17.8. The van der Waals surface area contributed by atoms with Gasteiger partial charge in [-0.2, -0.15) is 0 Å². The Hall–Kier alpha value is -2.25. The van der Waals surface area contributed by atoms with E-state index in [1.807, 2.05) is 6.08 Å². The first-order valence-corrected chi connectivity index (χ1v) is 10.9. The summed E-state index contributed by atoms with van der Waals surface area (Å²) in [4.78, 5) is 37.3. The Labute approximate surface area is 177 Å². The summed E-state index contributed by atoms with van der Waals surface area (Å²) in [6, 6.07) is -1.28. The Kier molecular flexibility index (Phi) is 7.26. The number of carboxylic acid groups (broad SMARTS) is 1. The van der Waals surface area contributed by atoms with E-state index in [-0.39, 0.29) is 11.5 Å². The number of carbonyl (C=O) groups excluding carboxylic acids is 2. The molecule has 164 valence electrons. The lowest BCUT2D eigenvalue weighted by Crippen LogP contribution is -2.53. The average Bonchev–Trinajstić information content (AvgIpc) is 2.70. The number of hydrogen-bond acceptors (Lipinski definition) is 6. The van der Waals surface area contributed by atoms with Crippen molar-refractivity contribution in [3.05, 3.63) is 35.1 Å². The van der Waals surface area contributed by atoms with Crippen molar-refractivity contribution in [1.82, 2.24) is 5.01 Å². The molecule has 2 fully saturated rings. The van der Waals surface area contributed by atoms with Crippen LogP contribution >= 0.6 is 0 Å². The maximum atomic E-state index is 13.2. The molecule has 4 atom stereocenters. The SMILES string of the molecule is CCO[C@@H](C)C(C(=O)O)N(N)C1=CC(=O)C=C(/C=C2\CCCC3CCCCC23)C1=O. The lowest BCUT2D eigenvalue weighted by Gasteiger charge is -2.38. The zero-order valence-corrected chi connectivity index (χ0v) is 17.8. The molecule has 7 heteroatoms. The second-order valence-corrected chi connectivity index (χ2v) is 8.47. The summed E-state index contributed by atoms with van der Waals surface area (Å²) in [5.74, 6) is 5.20. The molecule has 0 saturated heterocycles. The molecule has 0 bridgehead atoms. The molecule has 3 aliphatic rings. The van der Waals surface area contributed by atoms with Gasteiger partial charge >= 0.3 is 5.97 Å². The van der Waals surface area contributed by atoms with E-state index in [1.54, 1.807) is 13.8 Å². The molecule has 0 spiro atoms. The molecule has 0 radical (unpaired) electrons. The predicted octanol–water partition coefficient (Wildman–Crippen LogP) is 2.92. The number of carbonyl (C=O) groups is 3. The highest BCUT2D eigenvalue weighted by Gasteiger charge is 2.37. The molecule has 3 aliphatic carbocycles. The van der Waals surface area contributed by atoms with Crippen molar-refractivity contribution >= 4 is 17.5 Å². The maximum Gasteiger partial charge on any atom is 0.330 e. The summed E-state index contributed by atoms with van der Waals surface area (Å²) >= 11 is 0. The molecule has 3 unspecified atom stereocenters. The number of aliphatic carboxylic acids is 1. The Balaban J connectivity index is 1.85. The van der Waals surface area contributed by atoms with Crippen LogP contribution in [-0.4, -0.2) is 46.4 Å². The topological polar surface area (TPSA) is 110 Å². The first-order valence-electron chi connectivity index (χ1n) is 10.9. The Morgan fingerprint density at radius 1 is 1.27 bits per heavy atom. The van der Waals surface area contributed by atoms with Crippen molar-refractivity contribution in [3.8, 4) is 0 Å². The van der Waals surface area contributed by atoms with Crippen LogP contribution in [0, 0.1) is 11.8 Å². The number of hydrogen-bond donors (Lipinski definition) is 2. The zero-order chi connectivity index (χ0) is 21.8. The largest absolute Gasteiger partial charge is 0.480 e. The van der Waals surface area contributed by atoms with E-state index in [2.05, 4.69) is 0 Å². The normalized spacial score (nSPS) is 27.8. The van der Waals surface area contributed by atoms with Gasteiger partial charge in [-0.05, 0) is 63.9 Å². The lowest BCUT2D eigenvalue weighted by atomic mass is 9.68. The Bertz CT molecular complexity index is 795. The third kappa shape index (κ3) is 4.73. The first-order chi connectivity index (χ1) is 14.3. The molecule has 0 heterocycles. The summed E-state index contributed by atoms with van der Waals surface area (Å²) in [6.07, 6.45) is 11.6. The summed E-state index contributed by atoms with van der Waals surface area (Å²) in [5.41, 5.74) is 1.42. The number of hydrazine groups is 1. The summed E-state index contributed by atoms with van der Waals surface area (Å²) < 4.78 is 5.39. The van der Waals surface area contributed by atoms with E-state index in [0.29, 0.717) is 24.0 Å². The maximum absolute atomic E-state index is 13.2. The fourth-order valence-corrected chi connectivity index (χ4v) is 5.13. The molecule has 0 aromatic carbocycles. The van der Waals surface area contributed by atoms with Gasteiger partial charge < -0.3 is 9.84 Å². The van der Waals surface area contributed by atoms with E-state index in [0.717, 1.165) is 30.3 Å². The number of Topliss-reactive ketones (excluding diaryl/α,β-unsaturated/α-hetero) is 1. The van der Waals surface area contributed by atoms with Gasteiger partial charge in [0.25, 0.3) is 0 Å². The highest BCUT2D eigenvalue weighted by atomic mass is 16.5. The van der Waals surface area contributed by atoms with Crippen molar-refractivity contribution in [3.63, 3.8) is 0 Å². The van der Waals surface area contributed by atoms with Crippen LogP contribution in [0.4, 0.5) is 0 Å². The fourth-order valence-electron chi connectivity index (χ4n) is 5.13. The van der Waals surface area contributed by atoms with E-state index in [9.17, 15) is 19.5 Å². The first kappa shape index (κ1) is 22.4. The van der Waals surface area contributed by atoms with Gasteiger partial charge in [-0.1, -0.05) is 24.5 Å². The second-order valence-electron chi connectivity index (χ2n) is 8.47. The molecule has 3 N–H and O–H groups in total. The Morgan fingerprint density at radius 2 is 1.97 bits per heavy atom. The van der Waals surface area contributed by atoms with Crippen LogP contribution in [0.2, 0.25) is 0 Å². The summed E-state index contributed by atoms with van der Waals surface area (Å²) in [7, 11) is 0. The highest BCUT2D eigenvalue weighted by Crippen LogP contribution is 2.44. The molecule has 0 aromatic heterocycles. The number of nitrogens with zero attached hydrogens (tertiary/aromatic N) is 1. The molecular weight excluding hydrogens is 384 g/mol. The van der Waals surface area contributed by atoms with Crippen molar-refractivity contribution in [2.45, 2.75) is 70.9 Å². The van der Waals surface area contributed by atoms with Crippen LogP contribution in [-0.2, 0) is 19.1 Å². The third-order valence-corrected chi connectivity index (χ3v) is 6.54. The van der Waals surface area contributed by atoms with Gasteiger partial charge in [-0.3, -0.25) is 14.6 Å². The molecular formula is C23H32N2O5. The van der Waals surface area contributed by atoms with Gasteiger partial charge in [-0.15, -0.1) is 0 Å². The number of carboxylic acids is 1. The predicted molar refractivity (Wildman–Crippen MR) is 112 cm³/mol. The number of ketones is 2. The fraction of sp³-hybridized carbons (Fsp3) is 0.609. The van der Waals surface area contributed by atoms with Crippen molar-refractivity contribution < 1.29 is 24.2 Å². The van der Waals surface area contributed by atoms with Crippen LogP contribution in [0.25, 0.3) is 0 Å². The smallest absolute Gasteiger partial charge is 0.330 e. The Morgan fingerprint density at radius 3 is 2.67 bits per heavy atom. The van der Waals surface area contributed by atoms with E-state index >= 15 is 0 Å². The molecule has 7 nitrogen and oxygen atoms in total. The highest BCUT2D eigenvalue weighted by molar-refractivity contribution is 6.21. The molecule has 2 saturated carbocycles. The molecule has 0 amide bonds. The number of nitrogens with two attached hydrogens (primary N) is 1. The molecule has 30 heavy (non-hydrogen) atoms. The van der Waals surface area contributed by atoms with Crippen LogP contribution < -0.4 is 5.84 Å². The van der Waals surface area contributed by atoms with Crippen LogP contribution in [0.15, 0.2) is 35.1 Å². The molecule has 0 aromatic rings. The average molecular weight is 417 g/mol. The van der Waals surface area contributed by atoms with E-state index in [1.165, 1.54) is 37.3 Å². The number of ether oxygens (including phenoxy) is 1. The van der Waals surface area contributed by atoms with Gasteiger partial charge in [0.2, 0.25) is 5.78 Å². The minimum atomic E-state index is -1.28. The van der Waals surface area contributed by atoms with Gasteiger partial charge in [0.1, 0.15) is 5.70 Å². The minimum Gasteiger partial charge on any atom is -0.480 e. The van der Waals surface area contributed by atoms with Crippen molar-refractivity contribution in [1.29, 1.82) is 0 Å². The molecule has 3 rings (SSSR count). The van der Waals surface area contributed by atoms with Gasteiger partial charge in [0, 0.05) is 18.3 Å². The summed E-state index contributed by atoms with van der Waals surface area (Å²) in [5, 5.41) is 10.5. The lowest BCUT2D eigenvalue weighted by molar-refractivity contribution is -0.148. The van der Waals surface area contributed by atoms with Gasteiger partial charge in [0.15, 0.2) is 11.8 Å². The quantitative estimate of drug-likeness (QED) is 0.373. The third-order valence-electron chi connectivity index (χ3n) is 6.54. The van der Waals surface area contributed by atoms with E-state index < -0.39 is 23.9 Å². The van der Waals surface area contributed by atoms with Gasteiger partial charge in [0.05, 0.1) is 6.10 Å². The van der Waals surface area contributed by atoms with E-state index in [4.69, 9.17) is 10.6 Å². The number of fused-ring (bicyclic) bond motifs is 1. The van der Waals surface area contributed by atoms with Crippen LogP contribution in [0.3, 0.4) is 0 Å². The van der Waals surface area contributed by atoms with Crippen LogP contribution in [0.5, 0.6) is 0 Å². The molecule has 0 aliphatic heterocycles. The van der Waals surface area contributed by atoms with Crippen molar-refractivity contribution in [2.24, 2.45) is 17.7 Å². The van der Waals surface area contributed by atoms with Crippen LogP contribution in [0.1, 0.15) is 58.8 Å². The standard InChI is InChI=1S/C23H32N2O5/c1-3-30-14(2)21(23(28)29)25(24)20-13-18(26)12-17(22(20)27)11-16-9-6-8-15-7-4-5-10-19(15)16/h11-15,19,21H,3-10,24H2,1-2H3,(H,28,29)/b16-11+/t14-,15?,19?,21?/m0/s1. The number of rotatable bonds is 7. The minimum absolute atomic E-state index is 0.107. The second kappa shape index (κ2) is 9.71. The van der Waals surface area contributed by atoms with Gasteiger partial charge in [-0.25, -0.2) is 10.6 Å². The van der Waals surface area contributed by atoms with Crippen molar-refractivity contribution in [2.75, 3.05) is 6.61 Å². The monoisotopic (exact) mass is 416 g/mol.